The number of hydrogen-bond donors (Lipinski definition) is 4. The Balaban J connectivity index is 1.93. The van der Waals surface area contributed by atoms with Gasteiger partial charge in [-0.3, -0.25) is 18.7 Å². The lowest BCUT2D eigenvalue weighted by molar-refractivity contribution is -0.137. The van der Waals surface area contributed by atoms with Crippen LogP contribution in [0.25, 0.3) is 10.9 Å². The Hall–Kier alpha value is -3.29. The molecular weight excluding hydrogens is 452 g/mol. The predicted molar refractivity (Wildman–Crippen MR) is 114 cm³/mol. The molecule has 0 spiro atoms. The highest BCUT2D eigenvalue weighted by Gasteiger charge is 2.12. The van der Waals surface area contributed by atoms with Gasteiger partial charge in [-0.1, -0.05) is 6.07 Å². The van der Waals surface area contributed by atoms with Crippen molar-refractivity contribution >= 4 is 56.2 Å². The van der Waals surface area contributed by atoms with E-state index in [2.05, 4.69) is 25.6 Å². The lowest BCUT2D eigenvalue weighted by atomic mass is 10.1. The van der Waals surface area contributed by atoms with Gasteiger partial charge in [0.25, 0.3) is 15.7 Å². The zero-order valence-corrected chi connectivity index (χ0v) is 17.6. The molecule has 0 radical (unpaired) electrons. The average Bonchev–Trinajstić information content (AvgIpc) is 2.63. The molecule has 0 aliphatic rings. The Morgan fingerprint density at radius 1 is 1.19 bits per heavy atom. The third-order valence-corrected chi connectivity index (χ3v) is 5.01. The fourth-order valence-electron chi connectivity index (χ4n) is 2.83. The number of pyridine rings is 1. The number of nitrogens with one attached hydrogen (secondary N) is 2. The summed E-state index contributed by atoms with van der Waals surface area (Å²) in [6, 6.07) is 6.36. The Kier molecular flexibility index (Phi) is 6.38. The van der Waals surface area contributed by atoms with Crippen molar-refractivity contribution < 1.29 is 22.9 Å². The molecule has 12 nitrogen and oxygen atoms in total. The number of aryl methyl sites for hydroxylation is 1. The average molecular weight is 469 g/mol. The predicted octanol–water partition coefficient (Wildman–Crippen LogP) is 1.28. The standard InChI is InChI=1S/C17H17ClN6O6S/c1-9-6-13(25)24(8-14(26)27)12-7-10(2-3-11(9)12)20-17-22-15(18)21-16(23-17)19-4-5-31(28,29)30/h2-3,6-7H,4-5,8H2,1H3,(H,26,27)(H,28,29,30)(H2,19,20,21,22,23). The molecule has 4 N–H and O–H groups in total. The van der Waals surface area contributed by atoms with E-state index < -0.39 is 33.9 Å². The lowest BCUT2D eigenvalue weighted by Crippen LogP contribution is -2.24. The number of aromatic nitrogens is 4. The number of hydrogen-bond acceptors (Lipinski definition) is 9. The highest BCUT2D eigenvalue weighted by Crippen LogP contribution is 2.23. The first-order chi connectivity index (χ1) is 14.5. The van der Waals surface area contributed by atoms with Crippen molar-refractivity contribution in [2.24, 2.45) is 0 Å². The van der Waals surface area contributed by atoms with Crippen LogP contribution in [0, 0.1) is 6.92 Å². The van der Waals surface area contributed by atoms with Gasteiger partial charge in [-0.15, -0.1) is 0 Å². The third-order valence-electron chi connectivity index (χ3n) is 4.12. The van der Waals surface area contributed by atoms with E-state index in [4.69, 9.17) is 21.3 Å². The number of carboxylic acids is 1. The molecule has 3 rings (SSSR count). The molecule has 3 aromatic rings. The quantitative estimate of drug-likeness (QED) is 0.350. The van der Waals surface area contributed by atoms with Crippen molar-refractivity contribution in [2.75, 3.05) is 22.9 Å². The van der Waals surface area contributed by atoms with Crippen molar-refractivity contribution in [1.82, 2.24) is 19.5 Å². The SMILES string of the molecule is Cc1cc(=O)n(CC(=O)O)c2cc(Nc3nc(Cl)nc(NCCS(=O)(=O)O)n3)ccc12. The minimum Gasteiger partial charge on any atom is -0.480 e. The minimum absolute atomic E-state index is 0.0218. The van der Waals surface area contributed by atoms with Crippen LogP contribution < -0.4 is 16.2 Å². The molecule has 0 fully saturated rings. The van der Waals surface area contributed by atoms with Crippen molar-refractivity contribution in [3.8, 4) is 0 Å². The van der Waals surface area contributed by atoms with Crippen LogP contribution >= 0.6 is 11.6 Å². The second-order valence-electron chi connectivity index (χ2n) is 6.47. The molecule has 0 atom stereocenters. The van der Waals surface area contributed by atoms with E-state index in [1.54, 1.807) is 25.1 Å². The second-order valence-corrected chi connectivity index (χ2v) is 8.38. The van der Waals surface area contributed by atoms with Crippen molar-refractivity contribution in [3.63, 3.8) is 0 Å². The summed E-state index contributed by atoms with van der Waals surface area (Å²) >= 11 is 5.88. The molecule has 0 amide bonds. The summed E-state index contributed by atoms with van der Waals surface area (Å²) in [5, 5.41) is 15.1. The zero-order chi connectivity index (χ0) is 22.8. The van der Waals surface area contributed by atoms with Gasteiger partial charge in [-0.25, -0.2) is 0 Å². The van der Waals surface area contributed by atoms with Gasteiger partial charge < -0.3 is 15.7 Å². The summed E-state index contributed by atoms with van der Waals surface area (Å²) < 4.78 is 31.5. The molecule has 0 aliphatic heterocycles. The number of nitrogens with zero attached hydrogens (tertiary/aromatic N) is 4. The Morgan fingerprint density at radius 2 is 1.90 bits per heavy atom. The molecular formula is C17H17ClN6O6S. The summed E-state index contributed by atoms with van der Waals surface area (Å²) in [6.07, 6.45) is 0. The van der Waals surface area contributed by atoms with E-state index in [-0.39, 0.29) is 23.7 Å². The molecule has 2 aromatic heterocycles. The molecule has 1 aromatic carbocycles. The van der Waals surface area contributed by atoms with Gasteiger partial charge in [0, 0.05) is 23.7 Å². The summed E-state index contributed by atoms with van der Waals surface area (Å²) in [6.45, 7) is 1.09. The molecule has 14 heteroatoms. The fourth-order valence-corrected chi connectivity index (χ4v) is 3.35. The van der Waals surface area contributed by atoms with Crippen LogP contribution in [-0.2, 0) is 21.5 Å². The lowest BCUT2D eigenvalue weighted by Gasteiger charge is -2.13. The smallest absolute Gasteiger partial charge is 0.323 e. The van der Waals surface area contributed by atoms with Gasteiger partial charge >= 0.3 is 5.97 Å². The number of anilines is 3. The maximum absolute atomic E-state index is 12.3. The first-order valence-electron chi connectivity index (χ1n) is 8.75. The molecule has 164 valence electrons. The fraction of sp³-hybridized carbons (Fsp3) is 0.235. The van der Waals surface area contributed by atoms with Gasteiger partial charge in [0.2, 0.25) is 17.2 Å². The van der Waals surface area contributed by atoms with Crippen molar-refractivity contribution in [2.45, 2.75) is 13.5 Å². The monoisotopic (exact) mass is 468 g/mol. The number of halogens is 1. The summed E-state index contributed by atoms with van der Waals surface area (Å²) in [4.78, 5) is 35.3. The van der Waals surface area contributed by atoms with Crippen LogP contribution in [0.5, 0.6) is 0 Å². The topological polar surface area (TPSA) is 176 Å². The number of carboxylic acid groups (broad SMARTS) is 1. The number of aliphatic carboxylic acids is 1. The summed E-state index contributed by atoms with van der Waals surface area (Å²) in [7, 11) is -4.16. The van der Waals surface area contributed by atoms with E-state index in [0.717, 1.165) is 4.57 Å². The van der Waals surface area contributed by atoms with Crippen LogP contribution in [0.3, 0.4) is 0 Å². The Bertz CT molecular complexity index is 1330. The second kappa shape index (κ2) is 8.83. The molecule has 0 bridgehead atoms. The highest BCUT2D eigenvalue weighted by atomic mass is 35.5. The van der Waals surface area contributed by atoms with Gasteiger partial charge in [-0.2, -0.15) is 23.4 Å². The van der Waals surface area contributed by atoms with E-state index >= 15 is 0 Å². The van der Waals surface area contributed by atoms with Crippen LogP contribution in [0.2, 0.25) is 5.28 Å². The number of carbonyl (C=O) groups is 1. The van der Waals surface area contributed by atoms with Crippen LogP contribution in [0.15, 0.2) is 29.1 Å². The largest absolute Gasteiger partial charge is 0.480 e. The molecule has 0 saturated heterocycles. The summed E-state index contributed by atoms with van der Waals surface area (Å²) in [5.41, 5.74) is 1.10. The normalized spacial score (nSPS) is 11.5. The summed E-state index contributed by atoms with van der Waals surface area (Å²) in [5.74, 6) is -1.71. The Labute approximate surface area is 180 Å². The van der Waals surface area contributed by atoms with E-state index in [1.165, 1.54) is 6.07 Å². The van der Waals surface area contributed by atoms with Crippen LogP contribution in [0.4, 0.5) is 17.6 Å². The first kappa shape index (κ1) is 22.4. The first-order valence-corrected chi connectivity index (χ1v) is 10.7. The van der Waals surface area contributed by atoms with E-state index in [0.29, 0.717) is 22.2 Å². The van der Waals surface area contributed by atoms with Crippen LogP contribution in [0.1, 0.15) is 5.56 Å². The molecule has 2 heterocycles. The van der Waals surface area contributed by atoms with Gasteiger partial charge in [-0.05, 0) is 36.2 Å². The molecule has 0 unspecified atom stereocenters. The maximum atomic E-state index is 12.3. The van der Waals surface area contributed by atoms with Gasteiger partial charge in [0.15, 0.2) is 0 Å². The van der Waals surface area contributed by atoms with Crippen LogP contribution in [-0.4, -0.2) is 55.9 Å². The highest BCUT2D eigenvalue weighted by molar-refractivity contribution is 7.85. The number of benzene rings is 1. The Morgan fingerprint density at radius 3 is 2.58 bits per heavy atom. The molecule has 31 heavy (non-hydrogen) atoms. The number of rotatable bonds is 8. The van der Waals surface area contributed by atoms with Crippen molar-refractivity contribution in [3.05, 3.63) is 45.5 Å². The number of fused-ring (bicyclic) bond motifs is 1. The van der Waals surface area contributed by atoms with Gasteiger partial charge in [0.1, 0.15) is 6.54 Å². The minimum atomic E-state index is -4.16. The molecule has 0 aliphatic carbocycles. The molecule has 0 saturated carbocycles. The van der Waals surface area contributed by atoms with E-state index in [1.807, 2.05) is 0 Å². The van der Waals surface area contributed by atoms with Gasteiger partial charge in [0.05, 0.1) is 11.3 Å². The maximum Gasteiger partial charge on any atom is 0.323 e. The third kappa shape index (κ3) is 5.87. The van der Waals surface area contributed by atoms with E-state index in [9.17, 15) is 18.0 Å². The zero-order valence-electron chi connectivity index (χ0n) is 16.0. The van der Waals surface area contributed by atoms with Crippen molar-refractivity contribution in [1.29, 1.82) is 0 Å².